The summed E-state index contributed by atoms with van der Waals surface area (Å²) in [6, 6.07) is 0. The predicted molar refractivity (Wildman–Crippen MR) is 36.3 cm³/mol. The van der Waals surface area contributed by atoms with Crippen LogP contribution in [0.1, 0.15) is 6.42 Å². The first-order valence-electron chi connectivity index (χ1n) is 3.35. The molecule has 1 rings (SSSR count). The molecule has 62 valence electrons. The van der Waals surface area contributed by atoms with Gasteiger partial charge in [0.1, 0.15) is 0 Å². The number of carbonyl (C=O) groups excluding carboxylic acids is 2. The fourth-order valence-electron chi connectivity index (χ4n) is 1.05. The summed E-state index contributed by atoms with van der Waals surface area (Å²) in [5.74, 6) is -1.44. The zero-order valence-electron chi connectivity index (χ0n) is 5.91. The Morgan fingerprint density at radius 3 is 2.82 bits per heavy atom. The first-order chi connectivity index (χ1) is 5.11. The molecule has 1 aliphatic heterocycles. The monoisotopic (exact) mass is 158 g/mol. The normalized spacial score (nSPS) is 31.2. The summed E-state index contributed by atoms with van der Waals surface area (Å²) < 4.78 is 0. The number of aliphatic hydroxyl groups excluding tert-OH is 1. The highest BCUT2D eigenvalue weighted by Gasteiger charge is 2.31. The molecular formula is C6H10N2O3. The average molecular weight is 158 g/mol. The minimum Gasteiger partial charge on any atom is -0.392 e. The smallest absolute Gasteiger partial charge is 0.224 e. The van der Waals surface area contributed by atoms with Crippen LogP contribution in [0.5, 0.6) is 0 Å². The Morgan fingerprint density at radius 1 is 1.73 bits per heavy atom. The van der Waals surface area contributed by atoms with E-state index in [1.807, 2.05) is 0 Å². The highest BCUT2D eigenvalue weighted by molar-refractivity contribution is 5.83. The lowest BCUT2D eigenvalue weighted by Gasteiger charge is -2.24. The molecule has 0 bridgehead atoms. The van der Waals surface area contributed by atoms with Crippen molar-refractivity contribution in [2.24, 2.45) is 11.7 Å². The van der Waals surface area contributed by atoms with Crippen molar-refractivity contribution in [3.8, 4) is 0 Å². The van der Waals surface area contributed by atoms with E-state index in [4.69, 9.17) is 10.8 Å². The second-order valence-electron chi connectivity index (χ2n) is 2.58. The van der Waals surface area contributed by atoms with E-state index in [2.05, 4.69) is 5.32 Å². The van der Waals surface area contributed by atoms with Gasteiger partial charge in [-0.05, 0) is 0 Å². The van der Waals surface area contributed by atoms with Gasteiger partial charge in [0.05, 0.1) is 18.4 Å². The standard InChI is InChI=1S/C6H10N2O3/c7-6(11)3-2-8-5(10)1-4(3)9/h3-4,9H,1-2H2,(H2,7,11)(H,8,10). The van der Waals surface area contributed by atoms with Gasteiger partial charge >= 0.3 is 0 Å². The minimum absolute atomic E-state index is 0.0341. The number of nitrogens with one attached hydrogen (secondary N) is 1. The molecule has 5 heteroatoms. The molecule has 0 radical (unpaired) electrons. The Balaban J connectivity index is 2.57. The molecule has 2 amide bonds. The lowest BCUT2D eigenvalue weighted by atomic mass is 9.95. The van der Waals surface area contributed by atoms with E-state index in [1.54, 1.807) is 0 Å². The third kappa shape index (κ3) is 1.68. The molecule has 0 aromatic rings. The van der Waals surface area contributed by atoms with Gasteiger partial charge in [0.15, 0.2) is 0 Å². The third-order valence-electron chi connectivity index (χ3n) is 1.74. The fraction of sp³-hybridized carbons (Fsp3) is 0.667. The third-order valence-corrected chi connectivity index (χ3v) is 1.74. The number of hydrogen-bond acceptors (Lipinski definition) is 3. The summed E-state index contributed by atoms with van der Waals surface area (Å²) in [5, 5.41) is 11.6. The van der Waals surface area contributed by atoms with Crippen LogP contribution in [0, 0.1) is 5.92 Å². The summed E-state index contributed by atoms with van der Waals surface area (Å²) in [6.07, 6.45) is -0.950. The Labute approximate surface area is 63.6 Å². The molecular weight excluding hydrogens is 148 g/mol. The maximum atomic E-state index is 10.6. The lowest BCUT2D eigenvalue weighted by Crippen LogP contribution is -2.49. The van der Waals surface area contributed by atoms with Gasteiger partial charge in [0.25, 0.3) is 0 Å². The molecule has 1 aliphatic rings. The lowest BCUT2D eigenvalue weighted by molar-refractivity contribution is -0.133. The zero-order valence-corrected chi connectivity index (χ0v) is 5.91. The van der Waals surface area contributed by atoms with Gasteiger partial charge in [-0.1, -0.05) is 0 Å². The Hall–Kier alpha value is -1.10. The largest absolute Gasteiger partial charge is 0.392 e. The number of carbonyl (C=O) groups is 2. The van der Waals surface area contributed by atoms with Crippen LogP contribution < -0.4 is 11.1 Å². The number of nitrogens with two attached hydrogens (primary N) is 1. The molecule has 0 aromatic carbocycles. The van der Waals surface area contributed by atoms with Crippen molar-refractivity contribution in [1.82, 2.24) is 5.32 Å². The molecule has 2 unspecified atom stereocenters. The van der Waals surface area contributed by atoms with Crippen LogP contribution in [0.3, 0.4) is 0 Å². The highest BCUT2D eigenvalue weighted by Crippen LogP contribution is 2.10. The molecule has 0 aliphatic carbocycles. The molecule has 1 fully saturated rings. The molecule has 5 nitrogen and oxygen atoms in total. The Bertz CT molecular complexity index is 192. The Kier molecular flexibility index (Phi) is 2.09. The summed E-state index contributed by atoms with van der Waals surface area (Å²) in [4.78, 5) is 21.2. The van der Waals surface area contributed by atoms with Crippen molar-refractivity contribution in [3.63, 3.8) is 0 Å². The Morgan fingerprint density at radius 2 is 2.36 bits per heavy atom. The van der Waals surface area contributed by atoms with Gasteiger partial charge in [-0.25, -0.2) is 0 Å². The van der Waals surface area contributed by atoms with Gasteiger partial charge in [0, 0.05) is 6.54 Å². The van der Waals surface area contributed by atoms with Crippen LogP contribution in [0.2, 0.25) is 0 Å². The molecule has 4 N–H and O–H groups in total. The van der Waals surface area contributed by atoms with Gasteiger partial charge in [0.2, 0.25) is 11.8 Å². The van der Waals surface area contributed by atoms with Crippen molar-refractivity contribution < 1.29 is 14.7 Å². The number of hydrogen-bond donors (Lipinski definition) is 3. The number of rotatable bonds is 1. The van der Waals surface area contributed by atoms with E-state index in [1.165, 1.54) is 0 Å². The molecule has 0 saturated carbocycles. The van der Waals surface area contributed by atoms with E-state index in [0.29, 0.717) is 0 Å². The van der Waals surface area contributed by atoms with Crippen molar-refractivity contribution in [2.75, 3.05) is 6.54 Å². The SMILES string of the molecule is NC(=O)C1CNC(=O)CC1O. The molecule has 11 heavy (non-hydrogen) atoms. The predicted octanol–water partition coefficient (Wildman–Crippen LogP) is -2.03. The molecule has 2 atom stereocenters. The summed E-state index contributed by atoms with van der Waals surface area (Å²) in [6.45, 7) is 0.148. The second-order valence-corrected chi connectivity index (χ2v) is 2.58. The maximum Gasteiger partial charge on any atom is 0.224 e. The van der Waals surface area contributed by atoms with Crippen molar-refractivity contribution >= 4 is 11.8 Å². The van der Waals surface area contributed by atoms with E-state index >= 15 is 0 Å². The van der Waals surface area contributed by atoms with E-state index in [0.717, 1.165) is 0 Å². The van der Waals surface area contributed by atoms with Gasteiger partial charge in [-0.3, -0.25) is 9.59 Å². The van der Waals surface area contributed by atoms with Gasteiger partial charge in [-0.15, -0.1) is 0 Å². The van der Waals surface area contributed by atoms with Crippen molar-refractivity contribution in [3.05, 3.63) is 0 Å². The van der Waals surface area contributed by atoms with E-state index in [-0.39, 0.29) is 18.9 Å². The van der Waals surface area contributed by atoms with Crippen LogP contribution in [-0.4, -0.2) is 29.6 Å². The fourth-order valence-corrected chi connectivity index (χ4v) is 1.05. The molecule has 1 heterocycles. The van der Waals surface area contributed by atoms with Crippen LogP contribution in [0.15, 0.2) is 0 Å². The first-order valence-corrected chi connectivity index (χ1v) is 3.35. The van der Waals surface area contributed by atoms with Gasteiger partial charge < -0.3 is 16.2 Å². The zero-order chi connectivity index (χ0) is 8.43. The highest BCUT2D eigenvalue weighted by atomic mass is 16.3. The molecule has 1 saturated heterocycles. The van der Waals surface area contributed by atoms with Crippen molar-refractivity contribution in [2.45, 2.75) is 12.5 Å². The average Bonchev–Trinajstić information content (AvgIpc) is 1.85. The first kappa shape index (κ1) is 8.00. The number of primary amides is 1. The summed E-state index contributed by atoms with van der Waals surface area (Å²) in [5.41, 5.74) is 4.95. The van der Waals surface area contributed by atoms with Crippen LogP contribution in [0.4, 0.5) is 0 Å². The van der Waals surface area contributed by atoms with E-state index < -0.39 is 17.9 Å². The van der Waals surface area contributed by atoms with Crippen LogP contribution >= 0.6 is 0 Å². The maximum absolute atomic E-state index is 10.6. The minimum atomic E-state index is -0.916. The topological polar surface area (TPSA) is 92.4 Å². The number of amides is 2. The summed E-state index contributed by atoms with van der Waals surface area (Å²) >= 11 is 0. The van der Waals surface area contributed by atoms with Crippen LogP contribution in [-0.2, 0) is 9.59 Å². The van der Waals surface area contributed by atoms with Crippen LogP contribution in [0.25, 0.3) is 0 Å². The molecule has 0 aromatic heterocycles. The molecule has 0 spiro atoms. The van der Waals surface area contributed by atoms with Crippen molar-refractivity contribution in [1.29, 1.82) is 0 Å². The number of aliphatic hydroxyl groups is 1. The van der Waals surface area contributed by atoms with Gasteiger partial charge in [-0.2, -0.15) is 0 Å². The van der Waals surface area contributed by atoms with E-state index in [9.17, 15) is 9.59 Å². The summed E-state index contributed by atoms with van der Waals surface area (Å²) in [7, 11) is 0. The second kappa shape index (κ2) is 2.87. The quantitative estimate of drug-likeness (QED) is 0.411. The number of piperidine rings is 1.